The third kappa shape index (κ3) is 7.01. The van der Waals surface area contributed by atoms with Gasteiger partial charge in [-0.15, -0.1) is 0 Å². The van der Waals surface area contributed by atoms with Crippen molar-refractivity contribution >= 4 is 5.97 Å². The lowest BCUT2D eigenvalue weighted by Gasteiger charge is -2.12. The van der Waals surface area contributed by atoms with Crippen molar-refractivity contribution in [3.8, 4) is 0 Å². The SMILES string of the molecule is [2H]C([2H])(OCCC(=O)O)[C@@H](N)COCc1ccccc1. The van der Waals surface area contributed by atoms with Crippen LogP contribution in [-0.4, -0.2) is 36.9 Å². The molecule has 1 aromatic carbocycles. The van der Waals surface area contributed by atoms with Gasteiger partial charge in [0.15, 0.2) is 0 Å². The monoisotopic (exact) mass is 255 g/mol. The smallest absolute Gasteiger partial charge is 0.305 e. The van der Waals surface area contributed by atoms with E-state index in [4.69, 9.17) is 23.1 Å². The zero-order valence-corrected chi connectivity index (χ0v) is 10.0. The molecule has 0 spiro atoms. The Bertz CT molecular complexity index is 414. The molecule has 0 unspecified atom stereocenters. The number of ether oxygens (including phenoxy) is 2. The Kier molecular flexibility index (Phi) is 5.59. The molecule has 0 bridgehead atoms. The summed E-state index contributed by atoms with van der Waals surface area (Å²) in [6.45, 7) is -2.03. The number of carboxylic acids is 1. The van der Waals surface area contributed by atoms with Crippen LogP contribution >= 0.6 is 0 Å². The van der Waals surface area contributed by atoms with Crippen molar-refractivity contribution in [2.45, 2.75) is 19.1 Å². The van der Waals surface area contributed by atoms with Crippen molar-refractivity contribution in [2.75, 3.05) is 19.8 Å². The predicted octanol–water partition coefficient (Wildman–Crippen LogP) is 1.02. The zero-order valence-electron chi connectivity index (χ0n) is 12.0. The highest BCUT2D eigenvalue weighted by molar-refractivity contribution is 5.66. The fraction of sp³-hybridized carbons (Fsp3) is 0.462. The van der Waals surface area contributed by atoms with Gasteiger partial charge in [-0.05, 0) is 5.56 Å². The van der Waals surface area contributed by atoms with E-state index in [0.717, 1.165) is 5.56 Å². The van der Waals surface area contributed by atoms with Gasteiger partial charge in [-0.2, -0.15) is 0 Å². The molecule has 18 heavy (non-hydrogen) atoms. The highest BCUT2D eigenvalue weighted by atomic mass is 16.5. The van der Waals surface area contributed by atoms with Crippen molar-refractivity contribution in [2.24, 2.45) is 5.73 Å². The fourth-order valence-corrected chi connectivity index (χ4v) is 1.22. The number of benzene rings is 1. The van der Waals surface area contributed by atoms with E-state index in [9.17, 15) is 4.79 Å². The maximum atomic E-state index is 10.3. The minimum atomic E-state index is -2.12. The second-order valence-corrected chi connectivity index (χ2v) is 3.72. The van der Waals surface area contributed by atoms with Gasteiger partial charge in [-0.3, -0.25) is 4.79 Å². The molecular weight excluding hydrogens is 234 g/mol. The molecule has 5 heteroatoms. The summed E-state index contributed by atoms with van der Waals surface area (Å²) in [6.07, 6.45) is -0.267. The third-order valence-electron chi connectivity index (χ3n) is 2.06. The molecule has 0 aliphatic rings. The molecule has 1 rings (SSSR count). The Labute approximate surface area is 109 Å². The number of carboxylic acid groups (broad SMARTS) is 1. The lowest BCUT2D eigenvalue weighted by atomic mass is 10.2. The zero-order chi connectivity index (χ0) is 15.0. The summed E-state index contributed by atoms with van der Waals surface area (Å²) in [6, 6.07) is 8.46. The van der Waals surface area contributed by atoms with Gasteiger partial charge in [0.05, 0.1) is 41.6 Å². The number of hydrogen-bond donors (Lipinski definition) is 2. The predicted molar refractivity (Wildman–Crippen MR) is 67.1 cm³/mol. The van der Waals surface area contributed by atoms with E-state index >= 15 is 0 Å². The van der Waals surface area contributed by atoms with Crippen molar-refractivity contribution in [3.63, 3.8) is 0 Å². The first-order chi connectivity index (χ1) is 9.42. The van der Waals surface area contributed by atoms with Crippen molar-refractivity contribution in [3.05, 3.63) is 35.9 Å². The number of aliphatic carboxylic acids is 1. The van der Waals surface area contributed by atoms with Gasteiger partial charge in [0.25, 0.3) is 0 Å². The van der Waals surface area contributed by atoms with E-state index in [0.29, 0.717) is 6.61 Å². The van der Waals surface area contributed by atoms with Gasteiger partial charge >= 0.3 is 5.97 Å². The molecule has 0 aliphatic heterocycles. The number of hydrogen-bond acceptors (Lipinski definition) is 4. The molecule has 0 amide bonds. The van der Waals surface area contributed by atoms with Crippen LogP contribution in [0.2, 0.25) is 0 Å². The fourth-order valence-electron chi connectivity index (χ4n) is 1.22. The lowest BCUT2D eigenvalue weighted by molar-refractivity contribution is -0.138. The van der Waals surface area contributed by atoms with Gasteiger partial charge in [0, 0.05) is 0 Å². The topological polar surface area (TPSA) is 81.8 Å². The summed E-state index contributed by atoms with van der Waals surface area (Å²) in [5.41, 5.74) is 6.62. The second kappa shape index (κ2) is 8.63. The average molecular weight is 255 g/mol. The summed E-state index contributed by atoms with van der Waals surface area (Å²) in [5.74, 6) is -1.05. The standard InChI is InChI=1S/C13H19NO4/c14-12(9-17-7-6-13(15)16)10-18-8-11-4-2-1-3-5-11/h1-5,12H,6-10,14H2,(H,15,16)/t12-/m1/s1/i9D2. The van der Waals surface area contributed by atoms with Crippen molar-refractivity contribution in [1.82, 2.24) is 0 Å². The Morgan fingerprint density at radius 3 is 2.78 bits per heavy atom. The van der Waals surface area contributed by atoms with Crippen molar-refractivity contribution in [1.29, 1.82) is 0 Å². The first kappa shape index (κ1) is 11.6. The molecule has 1 aromatic rings. The van der Waals surface area contributed by atoms with Crippen LogP contribution in [0, 0.1) is 0 Å². The lowest BCUT2D eigenvalue weighted by Crippen LogP contribution is -2.31. The molecule has 5 nitrogen and oxygen atoms in total. The van der Waals surface area contributed by atoms with Gasteiger partial charge in [-0.25, -0.2) is 0 Å². The largest absolute Gasteiger partial charge is 0.481 e. The van der Waals surface area contributed by atoms with Crippen molar-refractivity contribution < 1.29 is 22.1 Å². The van der Waals surface area contributed by atoms with E-state index in [1.807, 2.05) is 30.3 Å². The molecule has 0 fully saturated rings. The highest BCUT2D eigenvalue weighted by Gasteiger charge is 2.04. The third-order valence-corrected chi connectivity index (χ3v) is 2.06. The Hall–Kier alpha value is -1.43. The molecular formula is C13H19NO4. The van der Waals surface area contributed by atoms with Crippen LogP contribution in [0.15, 0.2) is 30.3 Å². The van der Waals surface area contributed by atoms with Gasteiger partial charge in [-0.1, -0.05) is 30.3 Å². The van der Waals surface area contributed by atoms with Gasteiger partial charge in [0.2, 0.25) is 0 Å². The molecule has 0 saturated carbocycles. The number of nitrogens with two attached hydrogens (primary N) is 1. The van der Waals surface area contributed by atoms with Gasteiger partial charge < -0.3 is 20.3 Å². The maximum absolute atomic E-state index is 10.3. The Balaban J connectivity index is 2.29. The summed E-state index contributed by atoms with van der Waals surface area (Å²) >= 11 is 0. The normalized spacial score (nSPS) is 14.7. The molecule has 0 radical (unpaired) electrons. The van der Waals surface area contributed by atoms with E-state index in [-0.39, 0.29) is 19.6 Å². The van der Waals surface area contributed by atoms with E-state index < -0.39 is 18.6 Å². The molecule has 3 N–H and O–H groups in total. The van der Waals surface area contributed by atoms with Crippen LogP contribution in [0.3, 0.4) is 0 Å². The summed E-state index contributed by atoms with van der Waals surface area (Å²) < 4.78 is 25.4. The molecule has 0 saturated heterocycles. The highest BCUT2D eigenvalue weighted by Crippen LogP contribution is 2.00. The van der Waals surface area contributed by atoms with Gasteiger partial charge in [0.1, 0.15) is 0 Å². The summed E-state index contributed by atoms with van der Waals surface area (Å²) in [4.78, 5) is 10.3. The molecule has 1 atom stereocenters. The van der Waals surface area contributed by atoms with E-state index in [1.165, 1.54) is 0 Å². The Morgan fingerprint density at radius 2 is 2.11 bits per heavy atom. The number of rotatable bonds is 9. The first-order valence-corrected chi connectivity index (χ1v) is 5.65. The average Bonchev–Trinajstić information content (AvgIpc) is 2.39. The molecule has 0 heterocycles. The maximum Gasteiger partial charge on any atom is 0.305 e. The minimum absolute atomic E-state index is 0.0189. The Morgan fingerprint density at radius 1 is 1.39 bits per heavy atom. The van der Waals surface area contributed by atoms with Crippen LogP contribution in [0.5, 0.6) is 0 Å². The summed E-state index contributed by atoms with van der Waals surface area (Å²) in [7, 11) is 0. The first-order valence-electron chi connectivity index (χ1n) is 6.65. The van der Waals surface area contributed by atoms with Crippen LogP contribution in [0.25, 0.3) is 0 Å². The van der Waals surface area contributed by atoms with Crippen LogP contribution in [0.1, 0.15) is 14.7 Å². The van der Waals surface area contributed by atoms with Crippen LogP contribution in [0.4, 0.5) is 0 Å². The van der Waals surface area contributed by atoms with E-state index in [2.05, 4.69) is 0 Å². The van der Waals surface area contributed by atoms with Crippen LogP contribution < -0.4 is 5.73 Å². The molecule has 0 aromatic heterocycles. The van der Waals surface area contributed by atoms with E-state index in [1.54, 1.807) is 0 Å². The number of carbonyl (C=O) groups is 1. The minimum Gasteiger partial charge on any atom is -0.481 e. The van der Waals surface area contributed by atoms with Crippen LogP contribution in [-0.2, 0) is 20.9 Å². The quantitative estimate of drug-likeness (QED) is 0.688. The molecule has 100 valence electrons. The molecule has 0 aliphatic carbocycles. The second-order valence-electron chi connectivity index (χ2n) is 3.72. The summed E-state index contributed by atoms with van der Waals surface area (Å²) in [5, 5.41) is 8.46.